The Labute approximate surface area is 113 Å². The third-order valence-corrected chi connectivity index (χ3v) is 3.54. The van der Waals surface area contributed by atoms with Crippen LogP contribution in [0.15, 0.2) is 24.7 Å². The maximum Gasteiger partial charge on any atom is 0.137 e. The molecule has 5 nitrogen and oxygen atoms in total. The summed E-state index contributed by atoms with van der Waals surface area (Å²) in [7, 11) is 1.88. The van der Waals surface area contributed by atoms with Crippen molar-refractivity contribution in [3.05, 3.63) is 36.2 Å². The SMILES string of the molecule is CCC(CC)n1ccc(CC(O)c2nccn2C)n1. The number of hydrogen-bond donors (Lipinski definition) is 1. The summed E-state index contributed by atoms with van der Waals surface area (Å²) in [4.78, 5) is 4.16. The lowest BCUT2D eigenvalue weighted by atomic mass is 10.2. The summed E-state index contributed by atoms with van der Waals surface area (Å²) in [5, 5.41) is 14.7. The van der Waals surface area contributed by atoms with E-state index in [1.54, 1.807) is 6.20 Å². The molecule has 2 aromatic heterocycles. The maximum atomic E-state index is 10.2. The van der Waals surface area contributed by atoms with Gasteiger partial charge in [0.15, 0.2) is 0 Å². The summed E-state index contributed by atoms with van der Waals surface area (Å²) in [6, 6.07) is 2.42. The smallest absolute Gasteiger partial charge is 0.137 e. The largest absolute Gasteiger partial charge is 0.385 e. The van der Waals surface area contributed by atoms with E-state index in [0.717, 1.165) is 18.5 Å². The number of aliphatic hydroxyl groups is 1. The van der Waals surface area contributed by atoms with E-state index >= 15 is 0 Å². The summed E-state index contributed by atoms with van der Waals surface area (Å²) >= 11 is 0. The summed E-state index contributed by atoms with van der Waals surface area (Å²) in [6.45, 7) is 4.33. The van der Waals surface area contributed by atoms with Gasteiger partial charge in [0.2, 0.25) is 0 Å². The van der Waals surface area contributed by atoms with Crippen molar-refractivity contribution < 1.29 is 5.11 Å². The van der Waals surface area contributed by atoms with Crippen LogP contribution in [0.2, 0.25) is 0 Å². The Balaban J connectivity index is 2.06. The van der Waals surface area contributed by atoms with E-state index < -0.39 is 6.10 Å². The van der Waals surface area contributed by atoms with Gasteiger partial charge in [-0.2, -0.15) is 5.10 Å². The first-order valence-electron chi connectivity index (χ1n) is 6.85. The highest BCUT2D eigenvalue weighted by Crippen LogP contribution is 2.18. The van der Waals surface area contributed by atoms with Gasteiger partial charge < -0.3 is 9.67 Å². The summed E-state index contributed by atoms with van der Waals surface area (Å²) in [6.07, 6.45) is 7.56. The van der Waals surface area contributed by atoms with Crippen molar-refractivity contribution in [1.82, 2.24) is 19.3 Å². The van der Waals surface area contributed by atoms with E-state index in [1.165, 1.54) is 0 Å². The molecule has 19 heavy (non-hydrogen) atoms. The number of nitrogens with zero attached hydrogens (tertiary/aromatic N) is 4. The minimum atomic E-state index is -0.606. The van der Waals surface area contributed by atoms with Gasteiger partial charge >= 0.3 is 0 Å². The first-order valence-corrected chi connectivity index (χ1v) is 6.85. The molecule has 2 aromatic rings. The minimum absolute atomic E-state index is 0.444. The van der Waals surface area contributed by atoms with Crippen LogP contribution in [0.4, 0.5) is 0 Å². The monoisotopic (exact) mass is 262 g/mol. The molecule has 0 spiro atoms. The summed E-state index contributed by atoms with van der Waals surface area (Å²) in [5.41, 5.74) is 0.905. The van der Waals surface area contributed by atoms with Crippen molar-refractivity contribution >= 4 is 0 Å². The molecule has 1 N–H and O–H groups in total. The van der Waals surface area contributed by atoms with Gasteiger partial charge in [-0.05, 0) is 18.9 Å². The minimum Gasteiger partial charge on any atom is -0.385 e. The fourth-order valence-electron chi connectivity index (χ4n) is 2.34. The maximum absolute atomic E-state index is 10.2. The standard InChI is InChI=1S/C14H22N4O/c1-4-12(5-2)18-8-6-11(16-18)10-13(19)14-15-7-9-17(14)3/h6-9,12-13,19H,4-5,10H2,1-3H3. The first kappa shape index (κ1) is 13.8. The van der Waals surface area contributed by atoms with Crippen LogP contribution in [0.1, 0.15) is 50.4 Å². The number of rotatable bonds is 6. The lowest BCUT2D eigenvalue weighted by Gasteiger charge is -2.13. The van der Waals surface area contributed by atoms with Gasteiger partial charge in [0.05, 0.1) is 11.7 Å². The van der Waals surface area contributed by atoms with Crippen LogP contribution in [0.5, 0.6) is 0 Å². The van der Waals surface area contributed by atoms with Crippen molar-refractivity contribution in [3.63, 3.8) is 0 Å². The highest BCUT2D eigenvalue weighted by atomic mass is 16.3. The van der Waals surface area contributed by atoms with Crippen LogP contribution in [0.25, 0.3) is 0 Å². The van der Waals surface area contributed by atoms with Crippen LogP contribution in [-0.4, -0.2) is 24.4 Å². The van der Waals surface area contributed by atoms with Crippen LogP contribution < -0.4 is 0 Å². The van der Waals surface area contributed by atoms with Gasteiger partial charge in [0.25, 0.3) is 0 Å². The average molecular weight is 262 g/mol. The second kappa shape index (κ2) is 6.02. The van der Waals surface area contributed by atoms with Crippen LogP contribution in [0.3, 0.4) is 0 Å². The zero-order valence-corrected chi connectivity index (χ0v) is 11.8. The van der Waals surface area contributed by atoms with E-state index in [1.807, 2.05) is 34.8 Å². The zero-order chi connectivity index (χ0) is 13.8. The quantitative estimate of drug-likeness (QED) is 0.868. The molecule has 0 saturated carbocycles. The molecule has 2 rings (SSSR count). The van der Waals surface area contributed by atoms with E-state index in [0.29, 0.717) is 18.3 Å². The third kappa shape index (κ3) is 3.04. The number of aromatic nitrogens is 4. The Morgan fingerprint density at radius 3 is 2.58 bits per heavy atom. The predicted molar refractivity (Wildman–Crippen MR) is 73.7 cm³/mol. The number of aliphatic hydroxyl groups excluding tert-OH is 1. The number of imidazole rings is 1. The molecule has 104 valence electrons. The van der Waals surface area contributed by atoms with Gasteiger partial charge in [-0.25, -0.2) is 4.98 Å². The van der Waals surface area contributed by atoms with Gasteiger partial charge in [0.1, 0.15) is 11.9 Å². The topological polar surface area (TPSA) is 55.9 Å². The third-order valence-electron chi connectivity index (χ3n) is 3.54. The Kier molecular flexibility index (Phi) is 4.37. The van der Waals surface area contributed by atoms with Gasteiger partial charge in [-0.15, -0.1) is 0 Å². The lowest BCUT2D eigenvalue weighted by Crippen LogP contribution is -2.11. The second-order valence-corrected chi connectivity index (χ2v) is 4.87. The zero-order valence-electron chi connectivity index (χ0n) is 11.8. The Morgan fingerprint density at radius 1 is 1.26 bits per heavy atom. The van der Waals surface area contributed by atoms with E-state index in [9.17, 15) is 5.11 Å². The summed E-state index contributed by atoms with van der Waals surface area (Å²) < 4.78 is 3.84. The van der Waals surface area contributed by atoms with E-state index in [-0.39, 0.29) is 0 Å². The normalized spacial score (nSPS) is 13.1. The van der Waals surface area contributed by atoms with Crippen LogP contribution in [-0.2, 0) is 13.5 Å². The molecule has 2 heterocycles. The molecule has 0 saturated heterocycles. The van der Waals surface area contributed by atoms with Gasteiger partial charge in [-0.3, -0.25) is 4.68 Å². The van der Waals surface area contributed by atoms with Crippen LogP contribution in [0, 0.1) is 0 Å². The second-order valence-electron chi connectivity index (χ2n) is 4.87. The molecule has 0 amide bonds. The Morgan fingerprint density at radius 2 is 2.00 bits per heavy atom. The fraction of sp³-hybridized carbons (Fsp3) is 0.571. The molecule has 0 fully saturated rings. The molecule has 5 heteroatoms. The lowest BCUT2D eigenvalue weighted by molar-refractivity contribution is 0.163. The molecule has 0 aliphatic rings. The summed E-state index contributed by atoms with van der Waals surface area (Å²) in [5.74, 6) is 0.678. The van der Waals surface area contributed by atoms with E-state index in [4.69, 9.17) is 0 Å². The average Bonchev–Trinajstić information content (AvgIpc) is 3.00. The first-order chi connectivity index (χ1) is 9.15. The Bertz CT molecular complexity index is 513. The van der Waals surface area contributed by atoms with Crippen molar-refractivity contribution in [2.45, 2.75) is 45.3 Å². The van der Waals surface area contributed by atoms with Crippen molar-refractivity contribution in [3.8, 4) is 0 Å². The highest BCUT2D eigenvalue weighted by molar-refractivity contribution is 5.06. The van der Waals surface area contributed by atoms with Crippen LogP contribution >= 0.6 is 0 Å². The number of hydrogen-bond acceptors (Lipinski definition) is 3. The molecule has 1 unspecified atom stereocenters. The number of aryl methyl sites for hydroxylation is 1. The molecule has 0 aliphatic carbocycles. The molecular formula is C14H22N4O. The van der Waals surface area contributed by atoms with Crippen molar-refractivity contribution in [2.24, 2.45) is 7.05 Å². The molecule has 0 aliphatic heterocycles. The Hall–Kier alpha value is -1.62. The molecule has 0 bridgehead atoms. The highest BCUT2D eigenvalue weighted by Gasteiger charge is 2.15. The predicted octanol–water partition coefficient (Wildman–Crippen LogP) is 2.25. The van der Waals surface area contributed by atoms with Gasteiger partial charge in [-0.1, -0.05) is 13.8 Å². The molecule has 0 aromatic carbocycles. The van der Waals surface area contributed by atoms with Crippen molar-refractivity contribution in [1.29, 1.82) is 0 Å². The molecule has 1 atom stereocenters. The van der Waals surface area contributed by atoms with Gasteiger partial charge in [0, 0.05) is 32.1 Å². The van der Waals surface area contributed by atoms with Crippen molar-refractivity contribution in [2.75, 3.05) is 0 Å². The molecular weight excluding hydrogens is 240 g/mol. The fourth-order valence-corrected chi connectivity index (χ4v) is 2.34. The van der Waals surface area contributed by atoms with E-state index in [2.05, 4.69) is 23.9 Å². The molecule has 0 radical (unpaired) electrons.